The van der Waals surface area contributed by atoms with Gasteiger partial charge in [0.15, 0.2) is 0 Å². The molecule has 0 radical (unpaired) electrons. The minimum absolute atomic E-state index is 0.185. The SMILES string of the molecule is CCCCCCOc1ccc(-c2ccc(OC(=O)CC(C)CC)cc2)nc1. The van der Waals surface area contributed by atoms with Crippen LogP contribution in [0.5, 0.6) is 11.5 Å². The second-order valence-electron chi connectivity index (χ2n) is 7.00. The van der Waals surface area contributed by atoms with E-state index in [1.807, 2.05) is 36.4 Å². The fourth-order valence-electron chi connectivity index (χ4n) is 2.65. The summed E-state index contributed by atoms with van der Waals surface area (Å²) in [4.78, 5) is 16.3. The number of hydrogen-bond donors (Lipinski definition) is 0. The molecule has 1 aromatic carbocycles. The van der Waals surface area contributed by atoms with Gasteiger partial charge < -0.3 is 9.47 Å². The molecule has 1 heterocycles. The molecular weight excluding hydrogens is 338 g/mol. The van der Waals surface area contributed by atoms with Gasteiger partial charge in [-0.25, -0.2) is 0 Å². The van der Waals surface area contributed by atoms with E-state index in [0.29, 0.717) is 18.1 Å². The zero-order chi connectivity index (χ0) is 19.5. The Morgan fingerprint density at radius 1 is 1.00 bits per heavy atom. The van der Waals surface area contributed by atoms with E-state index in [2.05, 4.69) is 25.8 Å². The standard InChI is InChI=1S/C23H31NO3/c1-4-6-7-8-15-26-21-13-14-22(24-17-21)19-9-11-20(12-10-19)27-23(25)16-18(3)5-2/h9-14,17-18H,4-8,15-16H2,1-3H3. The van der Waals surface area contributed by atoms with Gasteiger partial charge in [0.05, 0.1) is 18.5 Å². The Balaban J connectivity index is 1.86. The Morgan fingerprint density at radius 3 is 2.37 bits per heavy atom. The van der Waals surface area contributed by atoms with Crippen molar-refractivity contribution in [3.63, 3.8) is 0 Å². The van der Waals surface area contributed by atoms with Gasteiger partial charge in [0.1, 0.15) is 11.5 Å². The van der Waals surface area contributed by atoms with Gasteiger partial charge in [-0.15, -0.1) is 0 Å². The van der Waals surface area contributed by atoms with Crippen LogP contribution in [0.4, 0.5) is 0 Å². The minimum Gasteiger partial charge on any atom is -0.492 e. The molecule has 1 unspecified atom stereocenters. The number of aromatic nitrogens is 1. The lowest BCUT2D eigenvalue weighted by Crippen LogP contribution is -2.11. The molecule has 4 heteroatoms. The van der Waals surface area contributed by atoms with Gasteiger partial charge in [0, 0.05) is 12.0 Å². The molecule has 1 atom stereocenters. The molecule has 0 aliphatic rings. The maximum Gasteiger partial charge on any atom is 0.311 e. The van der Waals surface area contributed by atoms with Crippen molar-refractivity contribution in [3.05, 3.63) is 42.6 Å². The molecule has 0 amide bonds. The van der Waals surface area contributed by atoms with E-state index in [0.717, 1.165) is 36.5 Å². The number of hydrogen-bond acceptors (Lipinski definition) is 4. The summed E-state index contributed by atoms with van der Waals surface area (Å²) in [5.41, 5.74) is 1.84. The van der Waals surface area contributed by atoms with Crippen molar-refractivity contribution in [1.29, 1.82) is 0 Å². The van der Waals surface area contributed by atoms with Gasteiger partial charge in [-0.1, -0.05) is 46.5 Å². The van der Waals surface area contributed by atoms with Gasteiger partial charge in [0.2, 0.25) is 0 Å². The van der Waals surface area contributed by atoms with Gasteiger partial charge in [-0.3, -0.25) is 9.78 Å². The summed E-state index contributed by atoms with van der Waals surface area (Å²) in [7, 11) is 0. The first-order chi connectivity index (χ1) is 13.1. The first kappa shape index (κ1) is 20.9. The highest BCUT2D eigenvalue weighted by atomic mass is 16.5. The maximum absolute atomic E-state index is 11.9. The summed E-state index contributed by atoms with van der Waals surface area (Å²) in [5.74, 6) is 1.52. The smallest absolute Gasteiger partial charge is 0.311 e. The van der Waals surface area contributed by atoms with Crippen LogP contribution >= 0.6 is 0 Å². The second-order valence-corrected chi connectivity index (χ2v) is 7.00. The molecule has 27 heavy (non-hydrogen) atoms. The zero-order valence-corrected chi connectivity index (χ0v) is 16.7. The number of esters is 1. The molecule has 0 fully saturated rings. The van der Waals surface area contributed by atoms with E-state index in [1.54, 1.807) is 6.20 Å². The summed E-state index contributed by atoms with van der Waals surface area (Å²) in [6, 6.07) is 11.3. The number of ether oxygens (including phenoxy) is 2. The fourth-order valence-corrected chi connectivity index (χ4v) is 2.65. The van der Waals surface area contributed by atoms with Gasteiger partial charge >= 0.3 is 5.97 Å². The van der Waals surface area contributed by atoms with Crippen LogP contribution in [0.2, 0.25) is 0 Å². The van der Waals surface area contributed by atoms with E-state index < -0.39 is 0 Å². The maximum atomic E-state index is 11.9. The van der Waals surface area contributed by atoms with Crippen LogP contribution in [0.1, 0.15) is 59.3 Å². The number of carbonyl (C=O) groups is 1. The third-order valence-electron chi connectivity index (χ3n) is 4.60. The first-order valence-electron chi connectivity index (χ1n) is 10.0. The van der Waals surface area contributed by atoms with E-state index in [-0.39, 0.29) is 5.97 Å². The molecule has 0 bridgehead atoms. The molecule has 4 nitrogen and oxygen atoms in total. The predicted molar refractivity (Wildman–Crippen MR) is 109 cm³/mol. The fraction of sp³-hybridized carbons (Fsp3) is 0.478. The Morgan fingerprint density at radius 2 is 1.74 bits per heavy atom. The molecule has 0 N–H and O–H groups in total. The average Bonchev–Trinajstić information content (AvgIpc) is 2.69. The highest BCUT2D eigenvalue weighted by Gasteiger charge is 2.10. The van der Waals surface area contributed by atoms with Gasteiger partial charge in [-0.05, 0) is 48.7 Å². The predicted octanol–water partition coefficient (Wildman–Crippen LogP) is 6.05. The summed E-state index contributed by atoms with van der Waals surface area (Å²) < 4.78 is 11.1. The zero-order valence-electron chi connectivity index (χ0n) is 16.7. The first-order valence-corrected chi connectivity index (χ1v) is 10.0. The summed E-state index contributed by atoms with van der Waals surface area (Å²) in [6.07, 6.45) is 7.94. The van der Waals surface area contributed by atoms with Gasteiger partial charge in [0.25, 0.3) is 0 Å². The molecule has 146 valence electrons. The van der Waals surface area contributed by atoms with Crippen molar-refractivity contribution >= 4 is 5.97 Å². The lowest BCUT2D eigenvalue weighted by molar-refractivity contribution is -0.135. The molecule has 0 saturated heterocycles. The summed E-state index contributed by atoms with van der Waals surface area (Å²) in [5, 5.41) is 0. The Bertz CT molecular complexity index is 680. The van der Waals surface area contributed by atoms with Crippen LogP contribution in [0.25, 0.3) is 11.3 Å². The molecule has 0 spiro atoms. The second kappa shape index (κ2) is 11.4. The minimum atomic E-state index is -0.185. The van der Waals surface area contributed by atoms with E-state index in [4.69, 9.17) is 9.47 Å². The van der Waals surface area contributed by atoms with Crippen molar-refractivity contribution in [3.8, 4) is 22.8 Å². The number of rotatable bonds is 11. The van der Waals surface area contributed by atoms with Crippen molar-refractivity contribution in [2.75, 3.05) is 6.61 Å². The molecule has 0 aliphatic heterocycles. The Hall–Kier alpha value is -2.36. The van der Waals surface area contributed by atoms with Gasteiger partial charge in [-0.2, -0.15) is 0 Å². The number of unbranched alkanes of at least 4 members (excludes halogenated alkanes) is 3. The molecule has 0 saturated carbocycles. The number of pyridine rings is 1. The molecule has 1 aromatic heterocycles. The summed E-state index contributed by atoms with van der Waals surface area (Å²) in [6.45, 7) is 7.06. The van der Waals surface area contributed by atoms with Crippen molar-refractivity contribution in [2.45, 2.75) is 59.3 Å². The van der Waals surface area contributed by atoms with Crippen LogP contribution < -0.4 is 9.47 Å². The quantitative estimate of drug-likeness (QED) is 0.275. The van der Waals surface area contributed by atoms with Crippen LogP contribution in [0.15, 0.2) is 42.6 Å². The number of benzene rings is 1. The lowest BCUT2D eigenvalue weighted by Gasteiger charge is -2.09. The molecule has 0 aliphatic carbocycles. The van der Waals surface area contributed by atoms with Crippen LogP contribution in [0.3, 0.4) is 0 Å². The highest BCUT2D eigenvalue weighted by molar-refractivity contribution is 5.73. The van der Waals surface area contributed by atoms with Crippen LogP contribution in [-0.4, -0.2) is 17.6 Å². The number of carbonyl (C=O) groups excluding carboxylic acids is 1. The van der Waals surface area contributed by atoms with Crippen molar-refractivity contribution in [2.24, 2.45) is 5.92 Å². The van der Waals surface area contributed by atoms with Crippen LogP contribution in [0, 0.1) is 5.92 Å². The number of nitrogens with zero attached hydrogens (tertiary/aromatic N) is 1. The van der Waals surface area contributed by atoms with Crippen molar-refractivity contribution < 1.29 is 14.3 Å². The largest absolute Gasteiger partial charge is 0.492 e. The van der Waals surface area contributed by atoms with E-state index >= 15 is 0 Å². The van der Waals surface area contributed by atoms with Crippen molar-refractivity contribution in [1.82, 2.24) is 4.98 Å². The molecular formula is C23H31NO3. The van der Waals surface area contributed by atoms with Crippen LogP contribution in [-0.2, 0) is 4.79 Å². The monoisotopic (exact) mass is 369 g/mol. The van der Waals surface area contributed by atoms with E-state index in [9.17, 15) is 4.79 Å². The third kappa shape index (κ3) is 7.41. The topological polar surface area (TPSA) is 48.4 Å². The Labute approximate surface area is 162 Å². The summed E-state index contributed by atoms with van der Waals surface area (Å²) >= 11 is 0. The lowest BCUT2D eigenvalue weighted by atomic mass is 10.1. The third-order valence-corrected chi connectivity index (χ3v) is 4.60. The highest BCUT2D eigenvalue weighted by Crippen LogP contribution is 2.23. The molecule has 2 aromatic rings. The molecule has 2 rings (SSSR count). The Kier molecular flexibility index (Phi) is 8.82. The average molecular weight is 370 g/mol. The van der Waals surface area contributed by atoms with E-state index in [1.165, 1.54) is 19.3 Å². The normalized spacial score (nSPS) is 11.8.